The first kappa shape index (κ1) is 14.0. The van der Waals surface area contributed by atoms with Crippen LogP contribution in [0.4, 0.5) is 9.52 Å². The highest BCUT2D eigenvalue weighted by Crippen LogP contribution is 2.39. The van der Waals surface area contributed by atoms with Gasteiger partial charge >= 0.3 is 5.97 Å². The number of hydrogen-bond donors (Lipinski definition) is 1. The second kappa shape index (κ2) is 5.44. The van der Waals surface area contributed by atoms with E-state index >= 15 is 0 Å². The lowest BCUT2D eigenvalue weighted by Gasteiger charge is -2.16. The van der Waals surface area contributed by atoms with Crippen molar-refractivity contribution in [1.29, 1.82) is 0 Å². The Morgan fingerprint density at radius 1 is 1.48 bits per heavy atom. The number of aryl methyl sites for hydroxylation is 1. The first-order valence-corrected chi connectivity index (χ1v) is 7.54. The molecule has 6 heteroatoms. The highest BCUT2D eigenvalue weighted by atomic mass is 32.1. The van der Waals surface area contributed by atoms with Crippen molar-refractivity contribution in [2.75, 3.05) is 11.9 Å². The predicted molar refractivity (Wildman–Crippen MR) is 79.3 cm³/mol. The minimum Gasteiger partial charge on any atom is -0.481 e. The van der Waals surface area contributed by atoms with Gasteiger partial charge in [0.25, 0.3) is 0 Å². The average Bonchev–Trinajstić information content (AvgIpc) is 3.00. The monoisotopic (exact) mass is 306 g/mol. The molecular weight excluding hydrogens is 291 g/mol. The van der Waals surface area contributed by atoms with E-state index in [9.17, 15) is 14.3 Å². The zero-order valence-electron chi connectivity index (χ0n) is 11.5. The van der Waals surface area contributed by atoms with Gasteiger partial charge in [0.2, 0.25) is 0 Å². The lowest BCUT2D eigenvalue weighted by atomic mass is 10.1. The first-order chi connectivity index (χ1) is 10.0. The van der Waals surface area contributed by atoms with E-state index in [-0.39, 0.29) is 5.82 Å². The molecule has 1 unspecified atom stereocenters. The number of carboxylic acid groups (broad SMARTS) is 1. The summed E-state index contributed by atoms with van der Waals surface area (Å²) in [5, 5.41) is 10.00. The molecule has 1 N–H and O–H groups in total. The molecule has 0 fully saturated rings. The summed E-state index contributed by atoms with van der Waals surface area (Å²) in [5.74, 6) is -1.52. The Hall–Kier alpha value is -1.95. The van der Waals surface area contributed by atoms with Crippen molar-refractivity contribution < 1.29 is 14.3 Å². The maximum atomic E-state index is 12.9. The van der Waals surface area contributed by atoms with Crippen LogP contribution in [-0.2, 0) is 17.8 Å². The lowest BCUT2D eigenvalue weighted by molar-refractivity contribution is -0.138. The quantitative estimate of drug-likeness (QED) is 0.943. The number of fused-ring (bicyclic) bond motifs is 1. The molecule has 1 aromatic carbocycles. The van der Waals surface area contributed by atoms with E-state index in [2.05, 4.69) is 4.98 Å². The number of halogens is 1. The van der Waals surface area contributed by atoms with E-state index in [0.717, 1.165) is 22.0 Å². The van der Waals surface area contributed by atoms with Crippen LogP contribution in [0.1, 0.15) is 28.5 Å². The van der Waals surface area contributed by atoms with E-state index in [1.54, 1.807) is 23.5 Å². The molecule has 1 aliphatic carbocycles. The summed E-state index contributed by atoms with van der Waals surface area (Å²) in [5.41, 5.74) is 1.71. The first-order valence-electron chi connectivity index (χ1n) is 6.72. The molecule has 0 bridgehead atoms. The molecule has 1 aliphatic rings. The summed E-state index contributed by atoms with van der Waals surface area (Å²) in [4.78, 5) is 18.7. The number of carbonyl (C=O) groups is 1. The number of rotatable bonds is 4. The second-order valence-corrected chi connectivity index (χ2v) is 6.28. The Bertz CT molecular complexity index is 669. The Kier molecular flexibility index (Phi) is 3.63. The van der Waals surface area contributed by atoms with Gasteiger partial charge in [-0.15, -0.1) is 11.3 Å². The van der Waals surface area contributed by atoms with Crippen LogP contribution in [0, 0.1) is 5.82 Å². The summed E-state index contributed by atoms with van der Waals surface area (Å²) >= 11 is 1.55. The molecule has 1 aromatic heterocycles. The van der Waals surface area contributed by atoms with Gasteiger partial charge in [0.05, 0.1) is 5.69 Å². The SMILES string of the molecule is CN(Cc1ccc(F)cc1)c1nc2c(s1)CCC2C(=O)O. The summed E-state index contributed by atoms with van der Waals surface area (Å²) < 4.78 is 12.9. The van der Waals surface area contributed by atoms with Crippen molar-refractivity contribution >= 4 is 22.4 Å². The van der Waals surface area contributed by atoms with Crippen LogP contribution in [0.2, 0.25) is 0 Å². The van der Waals surface area contributed by atoms with Crippen molar-refractivity contribution in [1.82, 2.24) is 4.98 Å². The van der Waals surface area contributed by atoms with Gasteiger partial charge in [0, 0.05) is 18.5 Å². The highest BCUT2D eigenvalue weighted by molar-refractivity contribution is 7.15. The molecule has 1 atom stereocenters. The second-order valence-electron chi connectivity index (χ2n) is 5.22. The number of hydrogen-bond acceptors (Lipinski definition) is 4. The third-order valence-electron chi connectivity index (χ3n) is 3.66. The number of aromatic nitrogens is 1. The van der Waals surface area contributed by atoms with E-state index in [4.69, 9.17) is 0 Å². The topological polar surface area (TPSA) is 53.4 Å². The fourth-order valence-corrected chi connectivity index (χ4v) is 3.65. The minimum atomic E-state index is -0.799. The van der Waals surface area contributed by atoms with Gasteiger partial charge in [-0.25, -0.2) is 9.37 Å². The van der Waals surface area contributed by atoms with E-state index < -0.39 is 11.9 Å². The Balaban J connectivity index is 1.77. The summed E-state index contributed by atoms with van der Waals surface area (Å²) in [6, 6.07) is 6.36. The fraction of sp³-hybridized carbons (Fsp3) is 0.333. The van der Waals surface area contributed by atoms with Gasteiger partial charge < -0.3 is 10.0 Å². The fourth-order valence-electron chi connectivity index (χ4n) is 2.55. The predicted octanol–water partition coefficient (Wildman–Crippen LogP) is 3.03. The molecule has 1 heterocycles. The number of benzene rings is 1. The van der Waals surface area contributed by atoms with Gasteiger partial charge in [-0.1, -0.05) is 12.1 Å². The van der Waals surface area contributed by atoms with Crippen molar-refractivity contribution in [2.45, 2.75) is 25.3 Å². The molecule has 0 amide bonds. The minimum absolute atomic E-state index is 0.251. The number of thiazole rings is 1. The van der Waals surface area contributed by atoms with Crippen molar-refractivity contribution in [2.24, 2.45) is 0 Å². The van der Waals surface area contributed by atoms with Crippen molar-refractivity contribution in [3.8, 4) is 0 Å². The van der Waals surface area contributed by atoms with Crippen molar-refractivity contribution in [3.05, 3.63) is 46.2 Å². The van der Waals surface area contributed by atoms with Crippen LogP contribution in [0.25, 0.3) is 0 Å². The Labute approximate surface area is 125 Å². The normalized spacial score (nSPS) is 16.8. The van der Waals surface area contributed by atoms with E-state index in [0.29, 0.717) is 18.7 Å². The van der Waals surface area contributed by atoms with Gasteiger partial charge in [-0.05, 0) is 30.5 Å². The third kappa shape index (κ3) is 2.76. The molecule has 0 radical (unpaired) electrons. The highest BCUT2D eigenvalue weighted by Gasteiger charge is 2.32. The molecule has 0 saturated carbocycles. The summed E-state index contributed by atoms with van der Waals surface area (Å²) in [6.07, 6.45) is 1.43. The number of anilines is 1. The number of nitrogens with zero attached hydrogens (tertiary/aromatic N) is 2. The van der Waals surface area contributed by atoms with Gasteiger partial charge in [0.1, 0.15) is 11.7 Å². The molecule has 110 valence electrons. The van der Waals surface area contributed by atoms with Crippen LogP contribution in [0.3, 0.4) is 0 Å². The van der Waals surface area contributed by atoms with Crippen LogP contribution >= 0.6 is 11.3 Å². The molecule has 21 heavy (non-hydrogen) atoms. The van der Waals surface area contributed by atoms with Crippen LogP contribution in [0.5, 0.6) is 0 Å². The van der Waals surface area contributed by atoms with E-state index in [1.807, 2.05) is 11.9 Å². The third-order valence-corrected chi connectivity index (χ3v) is 4.91. The largest absolute Gasteiger partial charge is 0.481 e. The Morgan fingerprint density at radius 3 is 2.86 bits per heavy atom. The molecule has 2 aromatic rings. The van der Waals surface area contributed by atoms with Crippen LogP contribution in [-0.4, -0.2) is 23.1 Å². The average molecular weight is 306 g/mol. The molecule has 0 spiro atoms. The lowest BCUT2D eigenvalue weighted by Crippen LogP contribution is -2.17. The number of aliphatic carboxylic acids is 1. The molecule has 4 nitrogen and oxygen atoms in total. The maximum absolute atomic E-state index is 12.9. The molecule has 0 saturated heterocycles. The van der Waals surface area contributed by atoms with Gasteiger partial charge in [-0.2, -0.15) is 0 Å². The van der Waals surface area contributed by atoms with Gasteiger partial charge in [0.15, 0.2) is 5.13 Å². The maximum Gasteiger partial charge on any atom is 0.312 e. The standard InChI is InChI=1S/C15H15FN2O2S/c1-18(8-9-2-4-10(16)5-3-9)15-17-13-11(14(19)20)6-7-12(13)21-15/h2-5,11H,6-8H2,1H3,(H,19,20). The van der Waals surface area contributed by atoms with Crippen molar-refractivity contribution in [3.63, 3.8) is 0 Å². The summed E-state index contributed by atoms with van der Waals surface area (Å²) in [6.45, 7) is 0.615. The van der Waals surface area contributed by atoms with Crippen LogP contribution < -0.4 is 4.90 Å². The molecular formula is C15H15FN2O2S. The zero-order chi connectivity index (χ0) is 15.0. The number of carboxylic acids is 1. The van der Waals surface area contributed by atoms with Gasteiger partial charge in [-0.3, -0.25) is 4.79 Å². The van der Waals surface area contributed by atoms with E-state index in [1.165, 1.54) is 12.1 Å². The molecule has 0 aliphatic heterocycles. The van der Waals surface area contributed by atoms with Crippen LogP contribution in [0.15, 0.2) is 24.3 Å². The molecule has 3 rings (SSSR count). The summed E-state index contributed by atoms with van der Waals surface area (Å²) in [7, 11) is 1.91. The zero-order valence-corrected chi connectivity index (χ0v) is 12.4. The Morgan fingerprint density at radius 2 is 2.19 bits per heavy atom. The smallest absolute Gasteiger partial charge is 0.312 e.